The third kappa shape index (κ3) is 5.00. The molecule has 0 aromatic heterocycles. The summed E-state index contributed by atoms with van der Waals surface area (Å²) in [5.74, 6) is 1.61. The Kier molecular flexibility index (Phi) is 5.18. The summed E-state index contributed by atoms with van der Waals surface area (Å²) in [6, 6.07) is 0. The quantitative estimate of drug-likeness (QED) is 0.598. The van der Waals surface area contributed by atoms with E-state index in [0.717, 1.165) is 19.3 Å². The molecule has 0 aliphatic rings. The molecule has 0 aromatic rings. The molecule has 0 rings (SSSR count). The lowest BCUT2D eigenvalue weighted by atomic mass is 9.92. The molecule has 1 heteroatoms. The van der Waals surface area contributed by atoms with Crippen LogP contribution >= 0.6 is 0 Å². The van der Waals surface area contributed by atoms with Gasteiger partial charge in [-0.15, -0.1) is 0 Å². The molecule has 0 heterocycles. The summed E-state index contributed by atoms with van der Waals surface area (Å²) in [4.78, 5) is 11.2. The molecule has 11 heavy (non-hydrogen) atoms. The van der Waals surface area contributed by atoms with E-state index >= 15 is 0 Å². The average molecular weight is 156 g/mol. The molecule has 1 nitrogen and oxygen atoms in total. The summed E-state index contributed by atoms with van der Waals surface area (Å²) in [6.45, 7) is 8.55. The fraction of sp³-hybridized carbons (Fsp3) is 0.900. The smallest absolute Gasteiger partial charge is 0.133 e. The maximum Gasteiger partial charge on any atom is 0.133 e. The highest BCUT2D eigenvalue weighted by Gasteiger charge is 2.11. The largest absolute Gasteiger partial charge is 0.300 e. The maximum absolute atomic E-state index is 11.2. The van der Waals surface area contributed by atoms with Crippen molar-refractivity contribution >= 4 is 5.78 Å². The van der Waals surface area contributed by atoms with E-state index in [1.165, 1.54) is 0 Å². The van der Waals surface area contributed by atoms with Gasteiger partial charge in [-0.2, -0.15) is 0 Å². The van der Waals surface area contributed by atoms with Gasteiger partial charge in [-0.3, -0.25) is 4.79 Å². The van der Waals surface area contributed by atoms with Gasteiger partial charge in [0.25, 0.3) is 0 Å². The summed E-state index contributed by atoms with van der Waals surface area (Å²) < 4.78 is 0. The minimum absolute atomic E-state index is 0.425. The van der Waals surface area contributed by atoms with Crippen LogP contribution in [0.5, 0.6) is 0 Å². The first kappa shape index (κ1) is 10.7. The zero-order valence-electron chi connectivity index (χ0n) is 8.18. The minimum Gasteiger partial charge on any atom is -0.300 e. The van der Waals surface area contributed by atoms with Gasteiger partial charge in [0.1, 0.15) is 5.78 Å². The first-order chi connectivity index (χ1) is 5.07. The molecule has 0 N–H and O–H groups in total. The highest BCUT2D eigenvalue weighted by molar-refractivity contribution is 5.78. The van der Waals surface area contributed by atoms with E-state index < -0.39 is 0 Å². The second-order valence-corrected chi connectivity index (χ2v) is 3.71. The highest BCUT2D eigenvalue weighted by atomic mass is 16.1. The van der Waals surface area contributed by atoms with Crippen molar-refractivity contribution in [3.05, 3.63) is 0 Å². The van der Waals surface area contributed by atoms with Crippen molar-refractivity contribution in [2.45, 2.75) is 47.0 Å². The van der Waals surface area contributed by atoms with Crippen molar-refractivity contribution in [1.82, 2.24) is 0 Å². The molecule has 0 aliphatic carbocycles. The Morgan fingerprint density at radius 3 is 2.18 bits per heavy atom. The third-order valence-electron chi connectivity index (χ3n) is 2.22. The molecule has 0 amide bonds. The van der Waals surface area contributed by atoms with Gasteiger partial charge in [0.05, 0.1) is 0 Å². The van der Waals surface area contributed by atoms with Gasteiger partial charge >= 0.3 is 0 Å². The maximum atomic E-state index is 11.2. The van der Waals surface area contributed by atoms with Crippen molar-refractivity contribution in [2.75, 3.05) is 0 Å². The van der Waals surface area contributed by atoms with Crippen LogP contribution in [0.1, 0.15) is 47.0 Å². The van der Waals surface area contributed by atoms with Crippen molar-refractivity contribution in [2.24, 2.45) is 11.8 Å². The van der Waals surface area contributed by atoms with Crippen LogP contribution in [0.2, 0.25) is 0 Å². The first-order valence-electron chi connectivity index (χ1n) is 4.59. The molecule has 0 unspecified atom stereocenters. The monoisotopic (exact) mass is 156 g/mol. The fourth-order valence-electron chi connectivity index (χ4n) is 0.976. The van der Waals surface area contributed by atoms with E-state index in [9.17, 15) is 4.79 Å². The predicted octanol–water partition coefficient (Wildman–Crippen LogP) is 3.04. The van der Waals surface area contributed by atoms with Crippen molar-refractivity contribution in [1.29, 1.82) is 0 Å². The number of ketones is 1. The highest BCUT2D eigenvalue weighted by Crippen LogP contribution is 2.15. The minimum atomic E-state index is 0.425. The van der Waals surface area contributed by atoms with Gasteiger partial charge < -0.3 is 0 Å². The Balaban J connectivity index is 3.57. The number of rotatable bonds is 5. The Morgan fingerprint density at radius 1 is 1.27 bits per heavy atom. The molecule has 0 saturated carbocycles. The van der Waals surface area contributed by atoms with Crippen LogP contribution in [-0.2, 0) is 4.79 Å². The van der Waals surface area contributed by atoms with Crippen LogP contribution < -0.4 is 0 Å². The predicted molar refractivity (Wildman–Crippen MR) is 48.5 cm³/mol. The lowest BCUT2D eigenvalue weighted by Gasteiger charge is -2.13. The molecule has 1 atom stereocenters. The van der Waals surface area contributed by atoms with Crippen molar-refractivity contribution in [3.63, 3.8) is 0 Å². The van der Waals surface area contributed by atoms with E-state index in [0.29, 0.717) is 17.6 Å². The number of hydrogen-bond acceptors (Lipinski definition) is 1. The van der Waals surface area contributed by atoms with Gasteiger partial charge in [-0.1, -0.05) is 27.7 Å². The molecular formula is C10H20O. The Bertz CT molecular complexity index is 116. The first-order valence-corrected chi connectivity index (χ1v) is 4.59. The van der Waals surface area contributed by atoms with Crippen LogP contribution in [0.3, 0.4) is 0 Å². The van der Waals surface area contributed by atoms with Crippen LogP contribution in [0.4, 0.5) is 0 Å². The van der Waals surface area contributed by atoms with Crippen LogP contribution in [0.15, 0.2) is 0 Å². The molecule has 0 aromatic carbocycles. The van der Waals surface area contributed by atoms with E-state index in [1.54, 1.807) is 0 Å². The average Bonchev–Trinajstić information content (AvgIpc) is 1.87. The van der Waals surface area contributed by atoms with Crippen LogP contribution in [-0.4, -0.2) is 5.78 Å². The number of carbonyl (C=O) groups excluding carboxylic acids is 1. The summed E-state index contributed by atoms with van der Waals surface area (Å²) in [5, 5.41) is 0. The van der Waals surface area contributed by atoms with Gasteiger partial charge in [0.2, 0.25) is 0 Å². The second-order valence-electron chi connectivity index (χ2n) is 3.71. The van der Waals surface area contributed by atoms with Crippen LogP contribution in [0, 0.1) is 11.8 Å². The molecule has 0 saturated heterocycles. The number of hydrogen-bond donors (Lipinski definition) is 0. The third-order valence-corrected chi connectivity index (χ3v) is 2.22. The van der Waals surface area contributed by atoms with Gasteiger partial charge in [-0.05, 0) is 18.3 Å². The van der Waals surface area contributed by atoms with E-state index in [4.69, 9.17) is 0 Å². The van der Waals surface area contributed by atoms with Gasteiger partial charge in [0.15, 0.2) is 0 Å². The standard InChI is InChI=1S/C10H20O/c1-5-6-10(11)7-9(4)8(2)3/h8-9H,5-7H2,1-4H3/t9-/m0/s1. The van der Waals surface area contributed by atoms with Crippen molar-refractivity contribution in [3.8, 4) is 0 Å². The molecule has 0 bridgehead atoms. The molecule has 0 spiro atoms. The summed E-state index contributed by atoms with van der Waals surface area (Å²) in [7, 11) is 0. The Morgan fingerprint density at radius 2 is 1.82 bits per heavy atom. The topological polar surface area (TPSA) is 17.1 Å². The summed E-state index contributed by atoms with van der Waals surface area (Å²) >= 11 is 0. The van der Waals surface area contributed by atoms with E-state index in [-0.39, 0.29) is 0 Å². The molecule has 0 aliphatic heterocycles. The second kappa shape index (κ2) is 5.34. The normalized spacial score (nSPS) is 13.5. The Labute approximate surface area is 70.2 Å². The van der Waals surface area contributed by atoms with E-state index in [1.807, 2.05) is 0 Å². The molecular weight excluding hydrogens is 136 g/mol. The molecule has 66 valence electrons. The summed E-state index contributed by atoms with van der Waals surface area (Å²) in [5.41, 5.74) is 0. The lowest BCUT2D eigenvalue weighted by Crippen LogP contribution is -2.10. The Hall–Kier alpha value is -0.330. The van der Waals surface area contributed by atoms with Gasteiger partial charge in [0, 0.05) is 12.8 Å². The number of Topliss-reactive ketones (excluding diaryl/α,β-unsaturated/α-hetero) is 1. The molecule has 0 radical (unpaired) electrons. The molecule has 0 fully saturated rings. The van der Waals surface area contributed by atoms with Crippen molar-refractivity contribution < 1.29 is 4.79 Å². The zero-order valence-corrected chi connectivity index (χ0v) is 8.18. The number of carbonyl (C=O) groups is 1. The van der Waals surface area contributed by atoms with Gasteiger partial charge in [-0.25, -0.2) is 0 Å². The van der Waals surface area contributed by atoms with Crippen LogP contribution in [0.25, 0.3) is 0 Å². The zero-order chi connectivity index (χ0) is 8.85. The lowest BCUT2D eigenvalue weighted by molar-refractivity contribution is -0.120. The SMILES string of the molecule is CCCC(=O)C[C@H](C)C(C)C. The summed E-state index contributed by atoms with van der Waals surface area (Å²) in [6.07, 6.45) is 2.52. The fourth-order valence-corrected chi connectivity index (χ4v) is 0.976. The van der Waals surface area contributed by atoms with E-state index in [2.05, 4.69) is 27.7 Å².